The normalized spacial score (nSPS) is 14.8. The van der Waals surface area contributed by atoms with Gasteiger partial charge >= 0.3 is 0 Å². The molecule has 1 fully saturated rings. The van der Waals surface area contributed by atoms with E-state index in [0.717, 1.165) is 40.6 Å². The smallest absolute Gasteiger partial charge is 0.286 e. The Morgan fingerprint density at radius 1 is 0.882 bits per heavy atom. The summed E-state index contributed by atoms with van der Waals surface area (Å²) in [5.74, 6) is 2.77. The van der Waals surface area contributed by atoms with Gasteiger partial charge in [-0.2, -0.15) is 0 Å². The summed E-state index contributed by atoms with van der Waals surface area (Å²) in [6, 6.07) is 7.58. The molecule has 1 unspecified atom stereocenters. The van der Waals surface area contributed by atoms with Crippen molar-refractivity contribution < 1.29 is 33.3 Å². The Balaban J connectivity index is 0.00000408. The van der Waals surface area contributed by atoms with Crippen molar-refractivity contribution in [3.05, 3.63) is 41.0 Å². The Kier molecular flexibility index (Phi) is 10.9. The van der Waals surface area contributed by atoms with E-state index >= 15 is 0 Å². The van der Waals surface area contributed by atoms with Gasteiger partial charge in [0.15, 0.2) is 11.5 Å². The van der Waals surface area contributed by atoms with Gasteiger partial charge in [-0.05, 0) is 43.9 Å². The number of carbonyl (C=O) groups is 2. The van der Waals surface area contributed by atoms with Crippen LogP contribution in [0.3, 0.4) is 0 Å². The summed E-state index contributed by atoms with van der Waals surface area (Å²) in [5.41, 5.74) is 2.89. The first-order valence-corrected chi connectivity index (χ1v) is 11.4. The Bertz CT molecular complexity index is 1010. The van der Waals surface area contributed by atoms with Crippen LogP contribution in [0.15, 0.2) is 24.3 Å². The van der Waals surface area contributed by atoms with Crippen molar-refractivity contribution in [2.45, 2.75) is 31.4 Å². The minimum Gasteiger partial charge on any atom is -0.494 e. The summed E-state index contributed by atoms with van der Waals surface area (Å²) in [4.78, 5) is 23.0. The van der Waals surface area contributed by atoms with Crippen LogP contribution in [0.5, 0.6) is 28.7 Å². The zero-order valence-electron chi connectivity index (χ0n) is 20.5. The number of hydrogen-bond acceptors (Lipinski definition) is 8. The molecule has 1 saturated heterocycles. The first kappa shape index (κ1) is 28.2. The number of methoxy groups -OCH3 is 4. The van der Waals surface area contributed by atoms with Gasteiger partial charge in [-0.25, -0.2) is 0 Å². The molecule has 2 aromatic rings. The fourth-order valence-electron chi connectivity index (χ4n) is 3.86. The molecular formula is C24H29NNaO7S. The maximum Gasteiger partial charge on any atom is 0.286 e. The van der Waals surface area contributed by atoms with E-state index in [2.05, 4.69) is 5.32 Å². The summed E-state index contributed by atoms with van der Waals surface area (Å²) in [7, 11) is 6.34. The van der Waals surface area contributed by atoms with Crippen LogP contribution in [0.1, 0.15) is 23.1 Å². The Hall–Kier alpha value is -2.07. The van der Waals surface area contributed by atoms with Crippen molar-refractivity contribution in [3.8, 4) is 28.7 Å². The molecule has 34 heavy (non-hydrogen) atoms. The molecule has 179 valence electrons. The van der Waals surface area contributed by atoms with Crippen LogP contribution in [-0.4, -0.2) is 81.0 Å². The molecule has 2 amide bonds. The van der Waals surface area contributed by atoms with Crippen molar-refractivity contribution in [1.82, 2.24) is 5.32 Å². The number of amides is 2. The molecule has 0 bridgehead atoms. The molecule has 3 rings (SSSR count). The second kappa shape index (κ2) is 13.1. The Morgan fingerprint density at radius 3 is 2.00 bits per heavy atom. The molecule has 1 atom stereocenters. The number of hydrogen-bond donors (Lipinski definition) is 1. The van der Waals surface area contributed by atoms with Gasteiger partial charge in [0.2, 0.25) is 17.4 Å². The molecule has 10 heteroatoms. The number of thioether (sulfide) groups is 1. The zero-order valence-corrected chi connectivity index (χ0v) is 23.3. The van der Waals surface area contributed by atoms with Crippen molar-refractivity contribution in [2.75, 3.05) is 35.0 Å². The molecule has 1 aliphatic rings. The molecule has 1 aliphatic heterocycles. The summed E-state index contributed by atoms with van der Waals surface area (Å²) >= 11 is 1.03. The Labute approximate surface area is 226 Å². The van der Waals surface area contributed by atoms with Crippen molar-refractivity contribution in [1.29, 1.82) is 0 Å². The standard InChI is InChI=1S/C24H29NO7S.Na/c1-14-17(20(29-3)22(31-5)21(30-4)19(14)28-2)7-6-12-32-16-10-8-15(9-11-16)13-18-23(26)25-24(27)33-18;/h8-11,18H,6-7,12-13H2,1-5H3,(H,25,26,27);. The fourth-order valence-corrected chi connectivity index (χ4v) is 4.72. The predicted octanol–water partition coefficient (Wildman–Crippen LogP) is 3.55. The van der Waals surface area contributed by atoms with Gasteiger partial charge in [0.25, 0.3) is 5.24 Å². The number of carbonyl (C=O) groups excluding carboxylic acids is 2. The number of ether oxygens (including phenoxy) is 5. The van der Waals surface area contributed by atoms with Crippen molar-refractivity contribution in [2.24, 2.45) is 0 Å². The average molecular weight is 499 g/mol. The first-order chi connectivity index (χ1) is 15.9. The molecule has 2 aromatic carbocycles. The number of benzene rings is 2. The molecular weight excluding hydrogens is 469 g/mol. The van der Waals surface area contributed by atoms with Gasteiger partial charge in [-0.3, -0.25) is 14.9 Å². The van der Waals surface area contributed by atoms with Crippen LogP contribution >= 0.6 is 11.8 Å². The Morgan fingerprint density at radius 2 is 1.47 bits per heavy atom. The van der Waals surface area contributed by atoms with Gasteiger partial charge in [0, 0.05) is 40.7 Å². The van der Waals surface area contributed by atoms with Crippen LogP contribution in [0.2, 0.25) is 0 Å². The monoisotopic (exact) mass is 498 g/mol. The topological polar surface area (TPSA) is 92.3 Å². The second-order valence-corrected chi connectivity index (χ2v) is 8.60. The fraction of sp³-hybridized carbons (Fsp3) is 0.417. The van der Waals surface area contributed by atoms with E-state index in [1.54, 1.807) is 28.4 Å². The van der Waals surface area contributed by atoms with E-state index in [-0.39, 0.29) is 46.0 Å². The van der Waals surface area contributed by atoms with Crippen LogP contribution < -0.4 is 29.0 Å². The van der Waals surface area contributed by atoms with Crippen LogP contribution in [0.4, 0.5) is 4.79 Å². The molecule has 1 radical (unpaired) electrons. The maximum absolute atomic E-state index is 11.7. The molecule has 0 aromatic heterocycles. The summed E-state index contributed by atoms with van der Waals surface area (Å²) in [5, 5.41) is 1.65. The minimum atomic E-state index is -0.374. The van der Waals surface area contributed by atoms with E-state index in [0.29, 0.717) is 42.4 Å². The third-order valence-electron chi connectivity index (χ3n) is 5.45. The van der Waals surface area contributed by atoms with E-state index in [1.807, 2.05) is 31.2 Å². The molecule has 1 N–H and O–H groups in total. The number of imide groups is 1. The van der Waals surface area contributed by atoms with Crippen LogP contribution in [0, 0.1) is 6.92 Å². The van der Waals surface area contributed by atoms with Gasteiger partial charge in [0.05, 0.1) is 40.3 Å². The van der Waals surface area contributed by atoms with Gasteiger partial charge < -0.3 is 23.7 Å². The van der Waals surface area contributed by atoms with Crippen molar-refractivity contribution in [3.63, 3.8) is 0 Å². The van der Waals surface area contributed by atoms with E-state index in [9.17, 15) is 9.59 Å². The van der Waals surface area contributed by atoms with Gasteiger partial charge in [-0.1, -0.05) is 23.9 Å². The predicted molar refractivity (Wildman–Crippen MR) is 132 cm³/mol. The molecule has 1 heterocycles. The average Bonchev–Trinajstić information content (AvgIpc) is 3.13. The second-order valence-electron chi connectivity index (χ2n) is 7.42. The largest absolute Gasteiger partial charge is 0.494 e. The van der Waals surface area contributed by atoms with E-state index < -0.39 is 0 Å². The zero-order chi connectivity index (χ0) is 24.0. The molecule has 0 spiro atoms. The van der Waals surface area contributed by atoms with Crippen LogP contribution in [0.25, 0.3) is 0 Å². The summed E-state index contributed by atoms with van der Waals surface area (Å²) in [6.07, 6.45) is 1.95. The summed E-state index contributed by atoms with van der Waals surface area (Å²) < 4.78 is 28.1. The third kappa shape index (κ3) is 6.33. The quantitative estimate of drug-likeness (QED) is 0.372. The molecule has 0 saturated carbocycles. The maximum atomic E-state index is 11.7. The van der Waals surface area contributed by atoms with Crippen molar-refractivity contribution >= 4 is 52.5 Å². The summed E-state index contributed by atoms with van der Waals surface area (Å²) in [6.45, 7) is 2.47. The third-order valence-corrected chi connectivity index (χ3v) is 6.44. The SMILES string of the molecule is COc1c(C)c(CCCOc2ccc(CC3SC(=O)NC3=O)cc2)c(OC)c(OC)c1OC.[Na]. The number of nitrogens with one attached hydrogen (secondary N) is 1. The molecule has 0 aliphatic carbocycles. The van der Waals surface area contributed by atoms with E-state index in [1.165, 1.54) is 0 Å². The first-order valence-electron chi connectivity index (χ1n) is 10.5. The van der Waals surface area contributed by atoms with Gasteiger partial charge in [0.1, 0.15) is 5.75 Å². The van der Waals surface area contributed by atoms with E-state index in [4.69, 9.17) is 23.7 Å². The van der Waals surface area contributed by atoms with Gasteiger partial charge in [-0.15, -0.1) is 0 Å². The minimum absolute atomic E-state index is 0. The molecule has 8 nitrogen and oxygen atoms in total. The van der Waals surface area contributed by atoms with Crippen LogP contribution in [-0.2, 0) is 17.6 Å². The number of rotatable bonds is 11.